The second-order valence-electron chi connectivity index (χ2n) is 7.25. The number of hydrogen-bond donors (Lipinski definition) is 1. The first-order chi connectivity index (χ1) is 12.6. The molecule has 0 saturated carbocycles. The molecule has 1 N–H and O–H groups in total. The summed E-state index contributed by atoms with van der Waals surface area (Å²) in [6.07, 6.45) is 3.13. The van der Waals surface area contributed by atoms with Crippen molar-refractivity contribution in [1.29, 1.82) is 0 Å². The lowest BCUT2D eigenvalue weighted by Gasteiger charge is -2.17. The molecule has 0 spiro atoms. The highest BCUT2D eigenvalue weighted by atomic mass is 16.3. The van der Waals surface area contributed by atoms with Crippen molar-refractivity contribution in [3.8, 4) is 5.75 Å². The second kappa shape index (κ2) is 6.84. The summed E-state index contributed by atoms with van der Waals surface area (Å²) in [6.45, 7) is 4.13. The summed E-state index contributed by atoms with van der Waals surface area (Å²) in [4.78, 5) is 0. The fourth-order valence-electron chi connectivity index (χ4n) is 3.94. The molecule has 0 aromatic heterocycles. The molecule has 0 radical (unpaired) electrons. The third kappa shape index (κ3) is 3.06. The molecule has 0 saturated heterocycles. The standard InChI is InChI=1S/C25H24O/c1-17-10-13-20(14-11-17)25-21-8-4-3-6-19(21)7-5-9-23(25)22-15-12-18(2)16-24(22)26/h3-4,6,8,10-16,26H,5,7,9H2,1-2H3. The van der Waals surface area contributed by atoms with E-state index in [1.807, 2.05) is 13.0 Å². The molecule has 1 heteroatoms. The van der Waals surface area contributed by atoms with Gasteiger partial charge in [-0.05, 0) is 72.6 Å². The first-order valence-corrected chi connectivity index (χ1v) is 9.32. The van der Waals surface area contributed by atoms with Crippen LogP contribution in [0.5, 0.6) is 5.75 Å². The number of benzene rings is 3. The largest absolute Gasteiger partial charge is 0.507 e. The van der Waals surface area contributed by atoms with Gasteiger partial charge in [-0.3, -0.25) is 0 Å². The zero-order valence-electron chi connectivity index (χ0n) is 15.4. The molecule has 3 aromatic rings. The van der Waals surface area contributed by atoms with Crippen LogP contribution in [0.1, 0.15) is 46.2 Å². The number of phenols is 1. The third-order valence-corrected chi connectivity index (χ3v) is 5.28. The lowest BCUT2D eigenvalue weighted by Crippen LogP contribution is -1.96. The van der Waals surface area contributed by atoms with E-state index in [9.17, 15) is 5.11 Å². The molecule has 0 amide bonds. The highest BCUT2D eigenvalue weighted by Crippen LogP contribution is 2.42. The van der Waals surface area contributed by atoms with Crippen molar-refractivity contribution in [2.75, 3.05) is 0 Å². The van der Waals surface area contributed by atoms with Crippen molar-refractivity contribution in [2.24, 2.45) is 0 Å². The molecule has 26 heavy (non-hydrogen) atoms. The minimum atomic E-state index is 0.379. The molecule has 3 aromatic carbocycles. The molecular formula is C25H24O. The maximum absolute atomic E-state index is 10.7. The zero-order chi connectivity index (χ0) is 18.1. The zero-order valence-corrected chi connectivity index (χ0v) is 15.4. The van der Waals surface area contributed by atoms with Gasteiger partial charge in [-0.15, -0.1) is 0 Å². The Hall–Kier alpha value is -2.80. The van der Waals surface area contributed by atoms with Gasteiger partial charge in [0.1, 0.15) is 5.75 Å². The van der Waals surface area contributed by atoms with E-state index in [0.29, 0.717) is 5.75 Å². The average Bonchev–Trinajstić information content (AvgIpc) is 2.82. The second-order valence-corrected chi connectivity index (χ2v) is 7.25. The maximum atomic E-state index is 10.7. The predicted molar refractivity (Wildman–Crippen MR) is 109 cm³/mol. The Morgan fingerprint density at radius 3 is 2.23 bits per heavy atom. The fraction of sp³-hybridized carbons (Fsp3) is 0.200. The lowest BCUT2D eigenvalue weighted by atomic mass is 9.87. The highest BCUT2D eigenvalue weighted by molar-refractivity contribution is 6.00. The van der Waals surface area contributed by atoms with Crippen molar-refractivity contribution in [3.63, 3.8) is 0 Å². The number of aryl methyl sites for hydroxylation is 3. The van der Waals surface area contributed by atoms with E-state index in [0.717, 1.165) is 30.4 Å². The summed E-state index contributed by atoms with van der Waals surface area (Å²) < 4.78 is 0. The van der Waals surface area contributed by atoms with Crippen molar-refractivity contribution in [3.05, 3.63) is 100 Å². The lowest BCUT2D eigenvalue weighted by molar-refractivity contribution is 0.473. The molecule has 1 nitrogen and oxygen atoms in total. The van der Waals surface area contributed by atoms with Gasteiger partial charge in [0.05, 0.1) is 0 Å². The van der Waals surface area contributed by atoms with Crippen LogP contribution in [0.25, 0.3) is 11.1 Å². The maximum Gasteiger partial charge on any atom is 0.123 e. The Balaban J connectivity index is 2.03. The van der Waals surface area contributed by atoms with Gasteiger partial charge in [0, 0.05) is 5.56 Å². The number of aromatic hydroxyl groups is 1. The first kappa shape index (κ1) is 16.7. The van der Waals surface area contributed by atoms with Gasteiger partial charge in [-0.1, -0.05) is 66.2 Å². The molecule has 0 bridgehead atoms. The van der Waals surface area contributed by atoms with E-state index in [1.54, 1.807) is 0 Å². The van der Waals surface area contributed by atoms with Crippen LogP contribution in [0.3, 0.4) is 0 Å². The third-order valence-electron chi connectivity index (χ3n) is 5.28. The van der Waals surface area contributed by atoms with E-state index < -0.39 is 0 Å². The summed E-state index contributed by atoms with van der Waals surface area (Å²) in [5.74, 6) is 0.379. The number of fused-ring (bicyclic) bond motifs is 1. The molecule has 0 unspecified atom stereocenters. The van der Waals surface area contributed by atoms with Crippen LogP contribution in [0.2, 0.25) is 0 Å². The van der Waals surface area contributed by atoms with Crippen LogP contribution in [0.15, 0.2) is 66.7 Å². The van der Waals surface area contributed by atoms with Gasteiger partial charge in [0.25, 0.3) is 0 Å². The van der Waals surface area contributed by atoms with Crippen LogP contribution in [-0.4, -0.2) is 5.11 Å². The van der Waals surface area contributed by atoms with Crippen LogP contribution in [-0.2, 0) is 6.42 Å². The molecular weight excluding hydrogens is 316 g/mol. The summed E-state index contributed by atoms with van der Waals surface area (Å²) in [5, 5.41) is 10.7. The Morgan fingerprint density at radius 2 is 1.46 bits per heavy atom. The van der Waals surface area contributed by atoms with Gasteiger partial charge in [0.2, 0.25) is 0 Å². The minimum absolute atomic E-state index is 0.379. The molecule has 0 heterocycles. The van der Waals surface area contributed by atoms with Gasteiger partial charge in [-0.25, -0.2) is 0 Å². The smallest absolute Gasteiger partial charge is 0.123 e. The summed E-state index contributed by atoms with van der Waals surface area (Å²) >= 11 is 0. The number of phenolic OH excluding ortho intramolecular Hbond substituents is 1. The fourth-order valence-corrected chi connectivity index (χ4v) is 3.94. The van der Waals surface area contributed by atoms with E-state index in [4.69, 9.17) is 0 Å². The van der Waals surface area contributed by atoms with Crippen LogP contribution in [0.4, 0.5) is 0 Å². The normalized spacial score (nSPS) is 14.1. The molecule has 1 aliphatic carbocycles. The van der Waals surface area contributed by atoms with Gasteiger partial charge < -0.3 is 5.11 Å². The first-order valence-electron chi connectivity index (χ1n) is 9.32. The van der Waals surface area contributed by atoms with Crippen molar-refractivity contribution >= 4 is 11.1 Å². The van der Waals surface area contributed by atoms with Crippen LogP contribution >= 0.6 is 0 Å². The SMILES string of the molecule is Cc1ccc(C2=C(c3ccc(C)cc3O)CCCc3ccccc32)cc1. The molecule has 0 aliphatic heterocycles. The van der Waals surface area contributed by atoms with Crippen molar-refractivity contribution in [2.45, 2.75) is 33.1 Å². The summed E-state index contributed by atoms with van der Waals surface area (Å²) in [7, 11) is 0. The van der Waals surface area contributed by atoms with E-state index in [2.05, 4.69) is 67.6 Å². The topological polar surface area (TPSA) is 20.2 Å². The summed E-state index contributed by atoms with van der Waals surface area (Å²) in [5.41, 5.74) is 9.72. The quantitative estimate of drug-likeness (QED) is 0.580. The van der Waals surface area contributed by atoms with Crippen LogP contribution < -0.4 is 0 Å². The molecule has 0 fully saturated rings. The molecule has 4 rings (SSSR count). The minimum Gasteiger partial charge on any atom is -0.507 e. The Labute approximate surface area is 155 Å². The molecule has 1 aliphatic rings. The highest BCUT2D eigenvalue weighted by Gasteiger charge is 2.21. The van der Waals surface area contributed by atoms with E-state index >= 15 is 0 Å². The summed E-state index contributed by atoms with van der Waals surface area (Å²) in [6, 6.07) is 23.5. The molecule has 130 valence electrons. The van der Waals surface area contributed by atoms with Gasteiger partial charge >= 0.3 is 0 Å². The Morgan fingerprint density at radius 1 is 0.731 bits per heavy atom. The predicted octanol–water partition coefficient (Wildman–Crippen LogP) is 6.30. The molecule has 0 atom stereocenters. The number of allylic oxidation sites excluding steroid dienone is 1. The number of rotatable bonds is 2. The Bertz CT molecular complexity index is 977. The number of hydrogen-bond acceptors (Lipinski definition) is 1. The van der Waals surface area contributed by atoms with Crippen LogP contribution in [0, 0.1) is 13.8 Å². The van der Waals surface area contributed by atoms with Gasteiger partial charge in [0.15, 0.2) is 0 Å². The Kier molecular flexibility index (Phi) is 4.38. The van der Waals surface area contributed by atoms with Crippen molar-refractivity contribution < 1.29 is 5.11 Å². The van der Waals surface area contributed by atoms with Gasteiger partial charge in [-0.2, -0.15) is 0 Å². The van der Waals surface area contributed by atoms with Crippen molar-refractivity contribution in [1.82, 2.24) is 0 Å². The van der Waals surface area contributed by atoms with E-state index in [1.165, 1.54) is 33.4 Å². The monoisotopic (exact) mass is 340 g/mol. The van der Waals surface area contributed by atoms with E-state index in [-0.39, 0.29) is 0 Å². The average molecular weight is 340 g/mol.